The first-order valence-corrected chi connectivity index (χ1v) is 7.16. The van der Waals surface area contributed by atoms with Gasteiger partial charge >= 0.3 is 5.97 Å². The molecule has 0 radical (unpaired) electrons. The van der Waals surface area contributed by atoms with Crippen molar-refractivity contribution in [1.82, 2.24) is 10.3 Å². The first-order valence-electron chi connectivity index (χ1n) is 6.78. The minimum Gasteiger partial charge on any atom is -0.496 e. The van der Waals surface area contributed by atoms with Crippen molar-refractivity contribution in [2.75, 3.05) is 13.7 Å². The molecule has 6 nitrogen and oxygen atoms in total. The summed E-state index contributed by atoms with van der Waals surface area (Å²) in [5.41, 5.74) is 0.941. The number of nitrogens with one attached hydrogen (secondary N) is 1. The standard InChI is InChI=1S/C16H15ClN2O4/c1-22-13-7-3-2-5-11(13)9-19-14(20)10-23-16(21)12-6-4-8-18-15(12)17/h2-8H,9-10H2,1H3,(H,19,20). The van der Waals surface area contributed by atoms with Crippen molar-refractivity contribution in [3.63, 3.8) is 0 Å². The number of esters is 1. The molecule has 7 heteroatoms. The summed E-state index contributed by atoms with van der Waals surface area (Å²) < 4.78 is 10.1. The van der Waals surface area contributed by atoms with E-state index in [2.05, 4.69) is 10.3 Å². The number of carbonyl (C=O) groups excluding carboxylic acids is 2. The lowest BCUT2D eigenvalue weighted by Crippen LogP contribution is -2.28. The zero-order chi connectivity index (χ0) is 16.7. The molecule has 1 aromatic carbocycles. The van der Waals surface area contributed by atoms with Crippen LogP contribution in [-0.4, -0.2) is 30.6 Å². The highest BCUT2D eigenvalue weighted by molar-refractivity contribution is 6.32. The zero-order valence-corrected chi connectivity index (χ0v) is 13.2. The number of aromatic nitrogens is 1. The summed E-state index contributed by atoms with van der Waals surface area (Å²) in [6, 6.07) is 10.3. The van der Waals surface area contributed by atoms with Gasteiger partial charge < -0.3 is 14.8 Å². The Balaban J connectivity index is 1.84. The number of nitrogens with zero attached hydrogens (tertiary/aromatic N) is 1. The largest absolute Gasteiger partial charge is 0.496 e. The van der Waals surface area contributed by atoms with E-state index >= 15 is 0 Å². The van der Waals surface area contributed by atoms with Gasteiger partial charge in [-0.15, -0.1) is 0 Å². The number of para-hydroxylation sites is 1. The number of halogens is 1. The molecule has 0 saturated carbocycles. The fourth-order valence-corrected chi connectivity index (χ4v) is 2.04. The van der Waals surface area contributed by atoms with Crippen LogP contribution in [0.5, 0.6) is 5.75 Å². The fourth-order valence-electron chi connectivity index (χ4n) is 1.84. The number of hydrogen-bond acceptors (Lipinski definition) is 5. The summed E-state index contributed by atoms with van der Waals surface area (Å²) in [5, 5.41) is 2.68. The van der Waals surface area contributed by atoms with E-state index in [-0.39, 0.29) is 17.3 Å². The van der Waals surface area contributed by atoms with E-state index in [0.717, 1.165) is 5.56 Å². The molecule has 0 unspecified atom stereocenters. The molecule has 0 bridgehead atoms. The van der Waals surface area contributed by atoms with E-state index in [1.165, 1.54) is 12.3 Å². The van der Waals surface area contributed by atoms with Gasteiger partial charge in [-0.2, -0.15) is 0 Å². The van der Waals surface area contributed by atoms with Crippen LogP contribution in [-0.2, 0) is 16.1 Å². The van der Waals surface area contributed by atoms with Gasteiger partial charge in [-0.25, -0.2) is 9.78 Å². The summed E-state index contributed by atoms with van der Waals surface area (Å²) in [7, 11) is 1.56. The van der Waals surface area contributed by atoms with E-state index in [0.29, 0.717) is 5.75 Å². The summed E-state index contributed by atoms with van der Waals surface area (Å²) >= 11 is 5.78. The van der Waals surface area contributed by atoms with E-state index in [1.54, 1.807) is 19.2 Å². The molecule has 1 amide bonds. The minimum absolute atomic E-state index is 0.0342. The average Bonchev–Trinajstić information content (AvgIpc) is 2.58. The maximum Gasteiger partial charge on any atom is 0.341 e. The van der Waals surface area contributed by atoms with Crippen LogP contribution >= 0.6 is 11.6 Å². The lowest BCUT2D eigenvalue weighted by Gasteiger charge is -2.10. The summed E-state index contributed by atoms with van der Waals surface area (Å²) in [4.78, 5) is 27.3. The first kappa shape index (κ1) is 16.8. The topological polar surface area (TPSA) is 77.5 Å². The molecule has 0 atom stereocenters. The second kappa shape index (κ2) is 8.14. The van der Waals surface area contributed by atoms with Crippen molar-refractivity contribution in [3.05, 3.63) is 58.9 Å². The Morgan fingerprint density at radius 3 is 2.74 bits per heavy atom. The van der Waals surface area contributed by atoms with Crippen LogP contribution in [0, 0.1) is 0 Å². The number of methoxy groups -OCH3 is 1. The lowest BCUT2D eigenvalue weighted by molar-refractivity contribution is -0.124. The number of carbonyl (C=O) groups is 2. The first-order chi connectivity index (χ1) is 11.1. The highest BCUT2D eigenvalue weighted by Crippen LogP contribution is 2.16. The average molecular weight is 335 g/mol. The molecule has 2 rings (SSSR count). The third-order valence-corrected chi connectivity index (χ3v) is 3.28. The van der Waals surface area contributed by atoms with Crippen molar-refractivity contribution in [2.45, 2.75) is 6.54 Å². The highest BCUT2D eigenvalue weighted by atomic mass is 35.5. The molecule has 0 spiro atoms. The van der Waals surface area contributed by atoms with Gasteiger partial charge in [0.05, 0.1) is 12.7 Å². The number of ether oxygens (including phenoxy) is 2. The second-order valence-corrected chi connectivity index (χ2v) is 4.86. The molecule has 0 aliphatic heterocycles. The van der Waals surface area contributed by atoms with E-state index in [4.69, 9.17) is 21.1 Å². The molecule has 2 aromatic rings. The van der Waals surface area contributed by atoms with Crippen LogP contribution in [0.2, 0.25) is 5.15 Å². The van der Waals surface area contributed by atoms with Crippen molar-refractivity contribution in [1.29, 1.82) is 0 Å². The van der Waals surface area contributed by atoms with Gasteiger partial charge in [0.25, 0.3) is 5.91 Å². The summed E-state index contributed by atoms with van der Waals surface area (Å²) in [6.45, 7) is -0.132. The zero-order valence-electron chi connectivity index (χ0n) is 12.4. The van der Waals surface area contributed by atoms with E-state index in [9.17, 15) is 9.59 Å². The van der Waals surface area contributed by atoms with Crippen LogP contribution in [0.15, 0.2) is 42.6 Å². The number of amides is 1. The molecular formula is C16H15ClN2O4. The van der Waals surface area contributed by atoms with Gasteiger partial charge in [0.2, 0.25) is 0 Å². The molecule has 0 saturated heterocycles. The molecule has 1 N–H and O–H groups in total. The van der Waals surface area contributed by atoms with Crippen LogP contribution in [0.25, 0.3) is 0 Å². The van der Waals surface area contributed by atoms with Crippen molar-refractivity contribution < 1.29 is 19.1 Å². The van der Waals surface area contributed by atoms with Gasteiger partial charge in [-0.1, -0.05) is 29.8 Å². The monoisotopic (exact) mass is 334 g/mol. The Morgan fingerprint density at radius 1 is 1.22 bits per heavy atom. The SMILES string of the molecule is COc1ccccc1CNC(=O)COC(=O)c1cccnc1Cl. The Kier molecular flexibility index (Phi) is 5.94. The number of hydrogen-bond donors (Lipinski definition) is 1. The number of pyridine rings is 1. The maximum atomic E-state index is 11.8. The van der Waals surface area contributed by atoms with Crippen molar-refractivity contribution in [2.24, 2.45) is 0 Å². The normalized spacial score (nSPS) is 10.0. The molecule has 0 aliphatic rings. The van der Waals surface area contributed by atoms with Gasteiger partial charge in [-0.05, 0) is 18.2 Å². The minimum atomic E-state index is -0.699. The molecular weight excluding hydrogens is 320 g/mol. The molecule has 0 fully saturated rings. The van der Waals surface area contributed by atoms with Crippen LogP contribution in [0.4, 0.5) is 0 Å². The third-order valence-electron chi connectivity index (χ3n) is 2.98. The predicted octanol–water partition coefficient (Wildman–Crippen LogP) is 2.22. The Morgan fingerprint density at radius 2 is 2.00 bits per heavy atom. The van der Waals surface area contributed by atoms with Gasteiger partial charge in [0, 0.05) is 18.3 Å². The smallest absolute Gasteiger partial charge is 0.341 e. The Labute approximate surface area is 138 Å². The predicted molar refractivity (Wildman–Crippen MR) is 84.4 cm³/mol. The molecule has 120 valence electrons. The Hall–Kier alpha value is -2.60. The summed E-state index contributed by atoms with van der Waals surface area (Å²) in [5.74, 6) is -0.452. The third kappa shape index (κ3) is 4.69. The Bertz CT molecular complexity index is 706. The van der Waals surface area contributed by atoms with E-state index in [1.807, 2.05) is 18.2 Å². The maximum absolute atomic E-state index is 11.8. The number of rotatable bonds is 6. The summed E-state index contributed by atoms with van der Waals surface area (Å²) in [6.07, 6.45) is 1.46. The highest BCUT2D eigenvalue weighted by Gasteiger charge is 2.14. The molecule has 1 heterocycles. The van der Waals surface area contributed by atoms with E-state index < -0.39 is 18.5 Å². The molecule has 0 aliphatic carbocycles. The van der Waals surface area contributed by atoms with Crippen LogP contribution < -0.4 is 10.1 Å². The fraction of sp³-hybridized carbons (Fsp3) is 0.188. The van der Waals surface area contributed by atoms with Gasteiger partial charge in [-0.3, -0.25) is 4.79 Å². The van der Waals surface area contributed by atoms with Crippen LogP contribution in [0.1, 0.15) is 15.9 Å². The molecule has 23 heavy (non-hydrogen) atoms. The molecule has 1 aromatic heterocycles. The lowest BCUT2D eigenvalue weighted by atomic mass is 10.2. The van der Waals surface area contributed by atoms with Gasteiger partial charge in [0.15, 0.2) is 6.61 Å². The van der Waals surface area contributed by atoms with Crippen molar-refractivity contribution in [3.8, 4) is 5.75 Å². The van der Waals surface area contributed by atoms with Crippen LogP contribution in [0.3, 0.4) is 0 Å². The second-order valence-electron chi connectivity index (χ2n) is 4.51. The van der Waals surface area contributed by atoms with Gasteiger partial charge in [0.1, 0.15) is 10.9 Å². The van der Waals surface area contributed by atoms with Crippen molar-refractivity contribution >= 4 is 23.5 Å². The quantitative estimate of drug-likeness (QED) is 0.647. The number of benzene rings is 1.